The van der Waals surface area contributed by atoms with Gasteiger partial charge in [0.2, 0.25) is 11.8 Å². The second kappa shape index (κ2) is 12.2. The molecule has 0 aliphatic carbocycles. The third-order valence-electron chi connectivity index (χ3n) is 6.31. The van der Waals surface area contributed by atoms with Gasteiger partial charge in [-0.25, -0.2) is 9.78 Å². The Kier molecular flexibility index (Phi) is 9.01. The predicted molar refractivity (Wildman–Crippen MR) is 130 cm³/mol. The number of anilines is 1. The van der Waals surface area contributed by atoms with Crippen molar-refractivity contribution in [1.82, 2.24) is 15.2 Å². The van der Waals surface area contributed by atoms with E-state index in [1.165, 1.54) is 0 Å². The summed E-state index contributed by atoms with van der Waals surface area (Å²) in [7, 11) is 0. The van der Waals surface area contributed by atoms with Crippen molar-refractivity contribution in [3.8, 4) is 0 Å². The van der Waals surface area contributed by atoms with E-state index >= 15 is 0 Å². The maximum absolute atomic E-state index is 13.3. The predicted octanol–water partition coefficient (Wildman–Crippen LogP) is 3.91. The third kappa shape index (κ3) is 7.04. The van der Waals surface area contributed by atoms with Gasteiger partial charge in [0.1, 0.15) is 18.5 Å². The van der Waals surface area contributed by atoms with Crippen LogP contribution in [0.2, 0.25) is 0 Å². The lowest BCUT2D eigenvalue weighted by molar-refractivity contribution is -0.137. The number of pyridine rings is 1. The molecule has 0 unspecified atom stereocenters. The summed E-state index contributed by atoms with van der Waals surface area (Å²) < 4.78 is 5.32. The fraction of sp³-hybridized carbons (Fsp3) is 0.462. The number of piperidine rings is 1. The Morgan fingerprint density at radius 3 is 2.50 bits per heavy atom. The molecule has 1 fully saturated rings. The van der Waals surface area contributed by atoms with Gasteiger partial charge in [0.05, 0.1) is 0 Å². The van der Waals surface area contributed by atoms with Crippen molar-refractivity contribution < 1.29 is 19.1 Å². The van der Waals surface area contributed by atoms with Crippen LogP contribution in [0.3, 0.4) is 0 Å². The second-order valence-corrected chi connectivity index (χ2v) is 8.88. The van der Waals surface area contributed by atoms with Gasteiger partial charge in [-0.15, -0.1) is 0 Å². The number of aromatic nitrogens is 1. The molecule has 1 aliphatic rings. The van der Waals surface area contributed by atoms with E-state index in [9.17, 15) is 14.4 Å². The number of carbonyl (C=O) groups excluding carboxylic acids is 3. The number of ether oxygens (including phenoxy) is 1. The highest BCUT2D eigenvalue weighted by molar-refractivity contribution is 5.92. The topological polar surface area (TPSA) is 101 Å². The van der Waals surface area contributed by atoms with Crippen LogP contribution in [0.1, 0.15) is 44.2 Å². The molecule has 0 bridgehead atoms. The molecule has 0 spiro atoms. The van der Waals surface area contributed by atoms with Gasteiger partial charge in [-0.2, -0.15) is 0 Å². The van der Waals surface area contributed by atoms with Crippen molar-refractivity contribution in [2.24, 2.45) is 11.8 Å². The lowest BCUT2D eigenvalue weighted by Crippen LogP contribution is -2.54. The molecule has 2 aromatic rings. The molecular weight excluding hydrogens is 432 g/mol. The highest BCUT2D eigenvalue weighted by Gasteiger charge is 2.34. The van der Waals surface area contributed by atoms with Crippen LogP contribution in [0.25, 0.3) is 0 Å². The van der Waals surface area contributed by atoms with Gasteiger partial charge in [0, 0.05) is 25.2 Å². The van der Waals surface area contributed by atoms with Crippen molar-refractivity contribution in [3.63, 3.8) is 0 Å². The molecule has 3 amide bonds. The van der Waals surface area contributed by atoms with Crippen LogP contribution in [0.4, 0.5) is 10.6 Å². The minimum Gasteiger partial charge on any atom is -0.445 e. The van der Waals surface area contributed by atoms with E-state index in [1.807, 2.05) is 63.2 Å². The van der Waals surface area contributed by atoms with Gasteiger partial charge in [-0.1, -0.05) is 50.6 Å². The molecule has 8 heteroatoms. The fourth-order valence-electron chi connectivity index (χ4n) is 3.97. The highest BCUT2D eigenvalue weighted by atomic mass is 16.5. The summed E-state index contributed by atoms with van der Waals surface area (Å²) in [4.78, 5) is 44.2. The Labute approximate surface area is 201 Å². The lowest BCUT2D eigenvalue weighted by Gasteiger charge is -2.35. The average molecular weight is 467 g/mol. The number of alkyl carbamates (subject to hydrolysis) is 1. The first-order valence-electron chi connectivity index (χ1n) is 11.9. The van der Waals surface area contributed by atoms with Crippen LogP contribution in [-0.4, -0.2) is 46.9 Å². The average Bonchev–Trinajstić information content (AvgIpc) is 2.86. The first-order chi connectivity index (χ1) is 16.4. The van der Waals surface area contributed by atoms with Crippen LogP contribution >= 0.6 is 0 Å². The molecule has 34 heavy (non-hydrogen) atoms. The van der Waals surface area contributed by atoms with Crippen LogP contribution in [0.5, 0.6) is 0 Å². The number of amides is 3. The fourth-order valence-corrected chi connectivity index (χ4v) is 3.97. The summed E-state index contributed by atoms with van der Waals surface area (Å²) >= 11 is 0. The van der Waals surface area contributed by atoms with Crippen LogP contribution in [0, 0.1) is 18.8 Å². The molecule has 0 radical (unpaired) electrons. The van der Waals surface area contributed by atoms with E-state index in [1.54, 1.807) is 11.1 Å². The number of carbonyl (C=O) groups is 3. The Hall–Kier alpha value is -3.42. The van der Waals surface area contributed by atoms with Gasteiger partial charge < -0.3 is 20.3 Å². The van der Waals surface area contributed by atoms with Crippen LogP contribution in [-0.2, 0) is 20.9 Å². The molecule has 0 saturated carbocycles. The summed E-state index contributed by atoms with van der Waals surface area (Å²) in [5, 5.41) is 5.64. The number of nitrogens with zero attached hydrogens (tertiary/aromatic N) is 2. The molecule has 2 atom stereocenters. The largest absolute Gasteiger partial charge is 0.445 e. The van der Waals surface area contributed by atoms with Crippen molar-refractivity contribution >= 4 is 23.7 Å². The van der Waals surface area contributed by atoms with E-state index < -0.39 is 12.1 Å². The Morgan fingerprint density at radius 2 is 1.85 bits per heavy atom. The summed E-state index contributed by atoms with van der Waals surface area (Å²) in [6.45, 7) is 6.94. The SMILES string of the molecule is CC[C@H](C)[C@H](NC(=O)OCc1ccccc1)C(=O)N1CCC(C(=O)Nc2cc(C)ccn2)CC1. The summed E-state index contributed by atoms with van der Waals surface area (Å²) in [6.07, 6.45) is 2.92. The van der Waals surface area contributed by atoms with Gasteiger partial charge in [0.15, 0.2) is 0 Å². The standard InChI is InChI=1S/C26H34N4O4/c1-4-19(3)23(29-26(33)34-17-20-8-6-5-7-9-20)25(32)30-14-11-21(12-15-30)24(31)28-22-16-18(2)10-13-27-22/h5-10,13,16,19,21,23H,4,11-12,14-15,17H2,1-3H3,(H,29,33)(H,27,28,31)/t19-,23-/m0/s1. The molecule has 1 aromatic heterocycles. The van der Waals surface area contributed by atoms with Crippen LogP contribution in [0.15, 0.2) is 48.7 Å². The van der Waals surface area contributed by atoms with Gasteiger partial charge in [-0.05, 0) is 48.9 Å². The molecule has 1 saturated heterocycles. The molecule has 182 valence electrons. The zero-order valence-corrected chi connectivity index (χ0v) is 20.1. The van der Waals surface area contributed by atoms with E-state index in [2.05, 4.69) is 15.6 Å². The Balaban J connectivity index is 1.52. The molecule has 8 nitrogen and oxygen atoms in total. The third-order valence-corrected chi connectivity index (χ3v) is 6.31. The minimum atomic E-state index is -0.671. The summed E-state index contributed by atoms with van der Waals surface area (Å²) in [6, 6.07) is 12.4. The van der Waals surface area contributed by atoms with Crippen molar-refractivity contribution in [3.05, 3.63) is 59.8 Å². The Morgan fingerprint density at radius 1 is 1.15 bits per heavy atom. The lowest BCUT2D eigenvalue weighted by atomic mass is 9.93. The quantitative estimate of drug-likeness (QED) is 0.614. The van der Waals surface area contributed by atoms with E-state index in [-0.39, 0.29) is 30.3 Å². The Bertz CT molecular complexity index is 974. The van der Waals surface area contributed by atoms with Gasteiger partial charge >= 0.3 is 6.09 Å². The monoisotopic (exact) mass is 466 g/mol. The molecule has 1 aliphatic heterocycles. The molecule has 2 heterocycles. The normalized spacial score (nSPS) is 15.8. The summed E-state index contributed by atoms with van der Waals surface area (Å²) in [5.74, 6) is 0.0949. The maximum Gasteiger partial charge on any atom is 0.408 e. The second-order valence-electron chi connectivity index (χ2n) is 8.88. The highest BCUT2D eigenvalue weighted by Crippen LogP contribution is 2.21. The maximum atomic E-state index is 13.3. The number of nitrogens with one attached hydrogen (secondary N) is 2. The number of benzene rings is 1. The molecular formula is C26H34N4O4. The number of hydrogen-bond acceptors (Lipinski definition) is 5. The number of hydrogen-bond donors (Lipinski definition) is 2. The minimum absolute atomic E-state index is 0.0507. The number of aryl methyl sites for hydroxylation is 1. The number of rotatable bonds is 8. The van der Waals surface area contributed by atoms with Crippen molar-refractivity contribution in [2.45, 2.75) is 52.7 Å². The zero-order valence-electron chi connectivity index (χ0n) is 20.1. The zero-order chi connectivity index (χ0) is 24.5. The van der Waals surface area contributed by atoms with Crippen LogP contribution < -0.4 is 10.6 Å². The molecule has 3 rings (SSSR count). The van der Waals surface area contributed by atoms with Crippen molar-refractivity contribution in [1.29, 1.82) is 0 Å². The van der Waals surface area contributed by atoms with Gasteiger partial charge in [0.25, 0.3) is 0 Å². The smallest absolute Gasteiger partial charge is 0.408 e. The van der Waals surface area contributed by atoms with E-state index in [0.29, 0.717) is 31.7 Å². The number of likely N-dealkylation sites (tertiary alicyclic amines) is 1. The first-order valence-corrected chi connectivity index (χ1v) is 11.9. The van der Waals surface area contributed by atoms with E-state index in [0.717, 1.165) is 17.5 Å². The van der Waals surface area contributed by atoms with Gasteiger partial charge in [-0.3, -0.25) is 9.59 Å². The molecule has 2 N–H and O–H groups in total. The molecule has 1 aromatic carbocycles. The first kappa shape index (κ1) is 25.2. The van der Waals surface area contributed by atoms with Crippen molar-refractivity contribution in [2.75, 3.05) is 18.4 Å². The van der Waals surface area contributed by atoms with E-state index in [4.69, 9.17) is 4.74 Å². The summed E-state index contributed by atoms with van der Waals surface area (Å²) in [5.41, 5.74) is 1.90.